The molecule has 0 spiro atoms. The summed E-state index contributed by atoms with van der Waals surface area (Å²) in [5.74, 6) is -0.390. The van der Waals surface area contributed by atoms with Gasteiger partial charge in [0, 0.05) is 24.0 Å². The van der Waals surface area contributed by atoms with Crippen molar-refractivity contribution in [2.45, 2.75) is 61.1 Å². The maximum atomic E-state index is 11.2. The first-order valence-corrected chi connectivity index (χ1v) is 10.7. The molecule has 1 aromatic carbocycles. The molecule has 0 bridgehead atoms. The predicted molar refractivity (Wildman–Crippen MR) is 107 cm³/mol. The van der Waals surface area contributed by atoms with Crippen molar-refractivity contribution in [1.82, 2.24) is 15.4 Å². The minimum Gasteiger partial charge on any atom is -0.476 e. The maximum Gasteiger partial charge on any atom is 0.356 e. The van der Waals surface area contributed by atoms with Crippen LogP contribution in [0.3, 0.4) is 0 Å². The molecule has 2 heterocycles. The number of aromatic nitrogens is 3. The third kappa shape index (κ3) is 4.29. The summed E-state index contributed by atoms with van der Waals surface area (Å²) in [7, 11) is 0. The highest BCUT2D eigenvalue weighted by molar-refractivity contribution is 7.99. The van der Waals surface area contributed by atoms with Crippen molar-refractivity contribution in [3.63, 3.8) is 0 Å². The van der Waals surface area contributed by atoms with E-state index in [9.17, 15) is 4.79 Å². The number of nitrogens with one attached hydrogen (secondary N) is 1. The lowest BCUT2D eigenvalue weighted by atomic mass is 9.84. The third-order valence-electron chi connectivity index (χ3n) is 5.77. The summed E-state index contributed by atoms with van der Waals surface area (Å²) >= 11 is 1.55. The Hall–Kier alpha value is -2.02. The van der Waals surface area contributed by atoms with Gasteiger partial charge in [0.1, 0.15) is 0 Å². The van der Waals surface area contributed by atoms with Crippen molar-refractivity contribution in [2.24, 2.45) is 0 Å². The van der Waals surface area contributed by atoms with E-state index in [4.69, 9.17) is 5.11 Å². The van der Waals surface area contributed by atoms with Crippen molar-refractivity contribution >= 4 is 23.4 Å². The average Bonchev–Trinajstić information content (AvgIpc) is 3.18. The second-order valence-corrected chi connectivity index (χ2v) is 8.82. The molecule has 2 fully saturated rings. The number of piperidine rings is 1. The van der Waals surface area contributed by atoms with Crippen molar-refractivity contribution in [2.75, 3.05) is 18.0 Å². The van der Waals surface area contributed by atoms with Crippen LogP contribution in [0.1, 0.15) is 66.9 Å². The number of hydrogen-bond donors (Lipinski definition) is 2. The van der Waals surface area contributed by atoms with Crippen LogP contribution < -0.4 is 4.90 Å². The molecule has 1 aromatic heterocycles. The first-order chi connectivity index (χ1) is 13.2. The fourth-order valence-electron chi connectivity index (χ4n) is 4.22. The Morgan fingerprint density at radius 3 is 2.44 bits per heavy atom. The van der Waals surface area contributed by atoms with E-state index in [1.165, 1.54) is 43.6 Å². The van der Waals surface area contributed by atoms with Crippen LogP contribution in [-0.2, 0) is 0 Å². The Morgan fingerprint density at radius 1 is 1.07 bits per heavy atom. The van der Waals surface area contributed by atoms with Gasteiger partial charge >= 0.3 is 5.97 Å². The zero-order valence-electron chi connectivity index (χ0n) is 15.4. The van der Waals surface area contributed by atoms with Gasteiger partial charge in [-0.15, -0.1) is 5.10 Å². The number of nitrogens with zero attached hydrogens (tertiary/aromatic N) is 3. The number of thioether (sulfide) groups is 1. The van der Waals surface area contributed by atoms with Gasteiger partial charge in [-0.1, -0.05) is 29.1 Å². The quantitative estimate of drug-likeness (QED) is 0.797. The van der Waals surface area contributed by atoms with Gasteiger partial charge in [-0.3, -0.25) is 5.10 Å². The summed E-state index contributed by atoms with van der Waals surface area (Å²) in [5, 5.41) is 20.1. The number of rotatable bonds is 5. The molecule has 1 aliphatic heterocycles. The third-order valence-corrected chi connectivity index (χ3v) is 7.08. The van der Waals surface area contributed by atoms with Gasteiger partial charge in [0.25, 0.3) is 0 Å². The summed E-state index contributed by atoms with van der Waals surface area (Å²) < 4.78 is 0. The smallest absolute Gasteiger partial charge is 0.356 e. The van der Waals surface area contributed by atoms with Crippen molar-refractivity contribution in [1.29, 1.82) is 0 Å². The Labute approximate surface area is 163 Å². The number of H-pyrrole nitrogens is 1. The van der Waals surface area contributed by atoms with E-state index in [1.807, 2.05) is 0 Å². The first kappa shape index (κ1) is 18.3. The zero-order chi connectivity index (χ0) is 18.6. The molecule has 0 amide bonds. The number of benzene rings is 1. The van der Waals surface area contributed by atoms with E-state index >= 15 is 0 Å². The van der Waals surface area contributed by atoms with Crippen LogP contribution in [0.25, 0.3) is 0 Å². The van der Waals surface area contributed by atoms with E-state index < -0.39 is 5.97 Å². The number of aromatic carboxylic acids is 1. The van der Waals surface area contributed by atoms with Crippen LogP contribution >= 0.6 is 11.8 Å². The number of carbonyl (C=O) groups is 1. The van der Waals surface area contributed by atoms with Crippen LogP contribution in [0.4, 0.5) is 5.69 Å². The Balaban J connectivity index is 1.32. The summed E-state index contributed by atoms with van der Waals surface area (Å²) in [6.07, 6.45) is 8.40. The molecule has 2 N–H and O–H groups in total. The molecule has 1 saturated carbocycles. The summed E-state index contributed by atoms with van der Waals surface area (Å²) in [6, 6.07) is 9.19. The lowest BCUT2D eigenvalue weighted by molar-refractivity contribution is 0.0686. The fraction of sp³-hybridized carbons (Fsp3) is 0.550. The maximum absolute atomic E-state index is 11.2. The highest BCUT2D eigenvalue weighted by Gasteiger charge is 2.26. The first-order valence-electron chi connectivity index (χ1n) is 9.86. The van der Waals surface area contributed by atoms with Gasteiger partial charge < -0.3 is 10.0 Å². The van der Waals surface area contributed by atoms with E-state index in [0.717, 1.165) is 25.7 Å². The molecule has 0 atom stereocenters. The Bertz CT molecular complexity index is 763. The van der Waals surface area contributed by atoms with Crippen LogP contribution in [0.15, 0.2) is 29.3 Å². The van der Waals surface area contributed by atoms with Gasteiger partial charge in [0.2, 0.25) is 0 Å². The molecular formula is C20H26N4O2S. The molecule has 6 nitrogen and oxygen atoms in total. The molecule has 27 heavy (non-hydrogen) atoms. The van der Waals surface area contributed by atoms with E-state index in [2.05, 4.69) is 44.6 Å². The Morgan fingerprint density at radius 2 is 1.78 bits per heavy atom. The molecule has 0 radical (unpaired) electrons. The van der Waals surface area contributed by atoms with Crippen molar-refractivity contribution in [3.8, 4) is 0 Å². The highest BCUT2D eigenvalue weighted by Crippen LogP contribution is 2.40. The van der Waals surface area contributed by atoms with Gasteiger partial charge in [-0.25, -0.2) is 4.79 Å². The SMILES string of the molecule is O=C(O)c1[nH]nnc1S[C@H]1CC[C@H](c2ccc(N3CCCCC3)cc2)CC1. The standard InChI is InChI=1S/C20H26N4O2S/c25-20(26)18-19(22-23-21-18)27-17-10-6-15(7-11-17)14-4-8-16(9-5-14)24-12-2-1-3-13-24/h4-5,8-9,15,17H,1-3,6-7,10-13H2,(H,25,26)(H,21,22,23)/t15-,17-. The van der Waals surface area contributed by atoms with E-state index in [-0.39, 0.29) is 5.69 Å². The molecule has 144 valence electrons. The second kappa shape index (κ2) is 8.33. The predicted octanol–water partition coefficient (Wildman–Crippen LogP) is 4.31. The summed E-state index contributed by atoms with van der Waals surface area (Å²) in [4.78, 5) is 13.7. The summed E-state index contributed by atoms with van der Waals surface area (Å²) in [5.41, 5.74) is 2.90. The van der Waals surface area contributed by atoms with Crippen molar-refractivity contribution in [3.05, 3.63) is 35.5 Å². The molecule has 1 aliphatic carbocycles. The molecule has 4 rings (SSSR count). The fourth-order valence-corrected chi connectivity index (χ4v) is 5.38. The lowest BCUT2D eigenvalue weighted by Gasteiger charge is -2.30. The topological polar surface area (TPSA) is 82.1 Å². The molecule has 2 aromatic rings. The van der Waals surface area contributed by atoms with Gasteiger partial charge in [-0.05, 0) is 68.6 Å². The van der Waals surface area contributed by atoms with Crippen LogP contribution in [0, 0.1) is 0 Å². The van der Waals surface area contributed by atoms with Gasteiger partial charge in [0.15, 0.2) is 10.7 Å². The average molecular weight is 387 g/mol. The highest BCUT2D eigenvalue weighted by atomic mass is 32.2. The number of carboxylic acid groups (broad SMARTS) is 1. The van der Waals surface area contributed by atoms with E-state index in [0.29, 0.717) is 16.2 Å². The largest absolute Gasteiger partial charge is 0.476 e. The van der Waals surface area contributed by atoms with Crippen LogP contribution in [0.5, 0.6) is 0 Å². The van der Waals surface area contributed by atoms with Crippen LogP contribution in [-0.4, -0.2) is 44.8 Å². The monoisotopic (exact) mass is 386 g/mol. The molecule has 0 unspecified atom stereocenters. The number of hydrogen-bond acceptors (Lipinski definition) is 5. The number of anilines is 1. The second-order valence-electron chi connectivity index (χ2n) is 7.53. The molecule has 1 saturated heterocycles. The molecular weight excluding hydrogens is 360 g/mol. The van der Waals surface area contributed by atoms with Crippen LogP contribution in [0.2, 0.25) is 0 Å². The number of aromatic amines is 1. The lowest BCUT2D eigenvalue weighted by Crippen LogP contribution is -2.29. The van der Waals surface area contributed by atoms with Gasteiger partial charge in [-0.2, -0.15) is 0 Å². The van der Waals surface area contributed by atoms with Gasteiger partial charge in [0.05, 0.1) is 0 Å². The molecule has 2 aliphatic rings. The number of carboxylic acids is 1. The minimum absolute atomic E-state index is 0.107. The minimum atomic E-state index is -0.995. The van der Waals surface area contributed by atoms with E-state index in [1.54, 1.807) is 11.8 Å². The molecule has 7 heteroatoms. The Kier molecular flexibility index (Phi) is 5.66. The van der Waals surface area contributed by atoms with Crippen molar-refractivity contribution < 1.29 is 9.90 Å². The normalized spacial score (nSPS) is 23.3. The summed E-state index contributed by atoms with van der Waals surface area (Å²) in [6.45, 7) is 2.37. The zero-order valence-corrected chi connectivity index (χ0v) is 16.2.